The van der Waals surface area contributed by atoms with Gasteiger partial charge in [0.25, 0.3) is 0 Å². The van der Waals surface area contributed by atoms with Gasteiger partial charge in [0.2, 0.25) is 17.7 Å². The normalized spacial score (nSPS) is 20.4. The van der Waals surface area contributed by atoms with Crippen molar-refractivity contribution in [2.24, 2.45) is 0 Å². The van der Waals surface area contributed by atoms with E-state index in [4.69, 9.17) is 9.47 Å². The number of pyridine rings is 1. The number of amides is 2. The number of aliphatic hydroxyl groups is 1. The third-order valence-corrected chi connectivity index (χ3v) is 4.23. The average Bonchev–Trinajstić information content (AvgIpc) is 3.03. The number of carbonyl (C=O) groups excluding carboxylic acids is 3. The van der Waals surface area contributed by atoms with Crippen LogP contribution in [-0.2, 0) is 25.5 Å². The van der Waals surface area contributed by atoms with Gasteiger partial charge in [0.1, 0.15) is 12.1 Å². The molecule has 9 heteroatoms. The summed E-state index contributed by atoms with van der Waals surface area (Å²) in [7, 11) is 2.73. The molecule has 2 heterocycles. The molecule has 2 amide bonds. The molecule has 0 radical (unpaired) electrons. The van der Waals surface area contributed by atoms with E-state index < -0.39 is 30.1 Å². The Bertz CT molecular complexity index is 663. The summed E-state index contributed by atoms with van der Waals surface area (Å²) < 4.78 is 9.75. The molecular formula is C17H23N3O6. The van der Waals surface area contributed by atoms with Gasteiger partial charge in [-0.25, -0.2) is 9.78 Å². The standard InChI is InChI=1S/C17H23N3O6/c1-10(21)20-9-12(22)7-14(20)16(23)19-13(17(24)26-3)6-11-4-5-15(25-2)18-8-11/h4-5,8,12-14,22H,6-7,9H2,1-3H3,(H,19,23)/t12-,13+,14+/m1/s1. The molecule has 1 saturated heterocycles. The molecule has 142 valence electrons. The lowest BCUT2D eigenvalue weighted by molar-refractivity contribution is -0.146. The molecule has 3 atom stereocenters. The summed E-state index contributed by atoms with van der Waals surface area (Å²) in [6, 6.07) is 1.63. The van der Waals surface area contributed by atoms with Crippen molar-refractivity contribution in [2.45, 2.75) is 38.0 Å². The second kappa shape index (κ2) is 8.61. The van der Waals surface area contributed by atoms with Gasteiger partial charge < -0.3 is 24.8 Å². The SMILES string of the molecule is COC(=O)[C@H](Cc1ccc(OC)nc1)NC(=O)[C@@H]1C[C@@H](O)CN1C(C)=O. The van der Waals surface area contributed by atoms with Crippen LogP contribution in [0, 0.1) is 0 Å². The molecule has 0 spiro atoms. The lowest BCUT2D eigenvalue weighted by Crippen LogP contribution is -2.51. The summed E-state index contributed by atoms with van der Waals surface area (Å²) in [6.45, 7) is 1.43. The molecule has 0 bridgehead atoms. The van der Waals surface area contributed by atoms with Gasteiger partial charge in [0.15, 0.2) is 0 Å². The molecule has 2 N–H and O–H groups in total. The van der Waals surface area contributed by atoms with Crippen LogP contribution in [0.15, 0.2) is 18.3 Å². The van der Waals surface area contributed by atoms with E-state index in [-0.39, 0.29) is 25.3 Å². The minimum absolute atomic E-state index is 0.0959. The number of carbonyl (C=O) groups is 3. The first-order valence-electron chi connectivity index (χ1n) is 8.18. The van der Waals surface area contributed by atoms with E-state index in [0.29, 0.717) is 11.4 Å². The second-order valence-corrected chi connectivity index (χ2v) is 6.07. The molecule has 1 aliphatic heterocycles. The second-order valence-electron chi connectivity index (χ2n) is 6.07. The first-order chi connectivity index (χ1) is 12.3. The highest BCUT2D eigenvalue weighted by molar-refractivity contribution is 5.91. The van der Waals surface area contributed by atoms with E-state index in [1.165, 1.54) is 26.0 Å². The predicted octanol–water partition coefficient (Wildman–Crippen LogP) is -0.728. The smallest absolute Gasteiger partial charge is 0.328 e. The van der Waals surface area contributed by atoms with Crippen molar-refractivity contribution in [3.8, 4) is 5.88 Å². The van der Waals surface area contributed by atoms with Crippen LogP contribution in [0.3, 0.4) is 0 Å². The van der Waals surface area contributed by atoms with Gasteiger partial charge in [0.05, 0.1) is 20.3 Å². The summed E-state index contributed by atoms with van der Waals surface area (Å²) in [5.74, 6) is -0.990. The number of nitrogens with zero attached hydrogens (tertiary/aromatic N) is 2. The van der Waals surface area contributed by atoms with Crippen LogP contribution in [-0.4, -0.2) is 71.7 Å². The van der Waals surface area contributed by atoms with Gasteiger partial charge in [-0.3, -0.25) is 9.59 Å². The third-order valence-electron chi connectivity index (χ3n) is 4.23. The fourth-order valence-electron chi connectivity index (χ4n) is 2.90. The molecule has 2 rings (SSSR count). The molecule has 0 saturated carbocycles. The topological polar surface area (TPSA) is 118 Å². The first-order valence-corrected chi connectivity index (χ1v) is 8.18. The summed E-state index contributed by atoms with van der Waals surface area (Å²) in [6.07, 6.45) is 1.08. The number of aliphatic hydroxyl groups excluding tert-OH is 1. The molecule has 0 aliphatic carbocycles. The number of likely N-dealkylation sites (tertiary alicyclic amines) is 1. The Morgan fingerprint density at radius 2 is 2.12 bits per heavy atom. The van der Waals surface area contributed by atoms with Crippen LogP contribution in [0.1, 0.15) is 18.9 Å². The number of rotatable bonds is 6. The van der Waals surface area contributed by atoms with Gasteiger partial charge in [-0.05, 0) is 5.56 Å². The minimum Gasteiger partial charge on any atom is -0.481 e. The van der Waals surface area contributed by atoms with Gasteiger partial charge >= 0.3 is 5.97 Å². The zero-order valence-corrected chi connectivity index (χ0v) is 15.0. The highest BCUT2D eigenvalue weighted by Crippen LogP contribution is 2.19. The monoisotopic (exact) mass is 365 g/mol. The van der Waals surface area contributed by atoms with Crippen molar-refractivity contribution in [1.29, 1.82) is 0 Å². The Morgan fingerprint density at radius 3 is 2.65 bits per heavy atom. The van der Waals surface area contributed by atoms with Crippen LogP contribution in [0.5, 0.6) is 5.88 Å². The Hall–Kier alpha value is -2.68. The number of hydrogen-bond donors (Lipinski definition) is 2. The van der Waals surface area contributed by atoms with E-state index in [0.717, 1.165) is 0 Å². The van der Waals surface area contributed by atoms with Crippen molar-refractivity contribution in [3.05, 3.63) is 23.9 Å². The Balaban J connectivity index is 2.10. The van der Waals surface area contributed by atoms with Gasteiger partial charge in [-0.15, -0.1) is 0 Å². The highest BCUT2D eigenvalue weighted by atomic mass is 16.5. The summed E-state index contributed by atoms with van der Waals surface area (Å²) in [5.41, 5.74) is 0.705. The lowest BCUT2D eigenvalue weighted by Gasteiger charge is -2.24. The maximum Gasteiger partial charge on any atom is 0.328 e. The molecular weight excluding hydrogens is 342 g/mol. The maximum atomic E-state index is 12.6. The summed E-state index contributed by atoms with van der Waals surface area (Å²) in [5, 5.41) is 12.4. The van der Waals surface area contributed by atoms with Gasteiger partial charge in [0, 0.05) is 38.6 Å². The number of ether oxygens (including phenoxy) is 2. The number of β-amino-alcohol motifs (C(OH)–C–C–N with tert-alkyl or cyclic N) is 1. The molecule has 1 aliphatic rings. The number of esters is 1. The Morgan fingerprint density at radius 1 is 1.38 bits per heavy atom. The highest BCUT2D eigenvalue weighted by Gasteiger charge is 2.38. The van der Waals surface area contributed by atoms with E-state index in [1.807, 2.05) is 0 Å². The predicted molar refractivity (Wildman–Crippen MR) is 90.2 cm³/mol. The van der Waals surface area contributed by atoms with Crippen molar-refractivity contribution in [3.63, 3.8) is 0 Å². The lowest BCUT2D eigenvalue weighted by atomic mass is 10.1. The van der Waals surface area contributed by atoms with Crippen molar-refractivity contribution < 1.29 is 29.0 Å². The van der Waals surface area contributed by atoms with Gasteiger partial charge in [-0.2, -0.15) is 0 Å². The van der Waals surface area contributed by atoms with Crippen molar-refractivity contribution >= 4 is 17.8 Å². The minimum atomic E-state index is -0.936. The maximum absolute atomic E-state index is 12.6. The van der Waals surface area contributed by atoms with Crippen LogP contribution in [0.4, 0.5) is 0 Å². The molecule has 26 heavy (non-hydrogen) atoms. The quantitative estimate of drug-likeness (QED) is 0.638. The molecule has 1 fully saturated rings. The average molecular weight is 365 g/mol. The molecule has 1 aromatic rings. The van der Waals surface area contributed by atoms with E-state index in [1.54, 1.807) is 18.3 Å². The van der Waals surface area contributed by atoms with Crippen LogP contribution in [0.2, 0.25) is 0 Å². The fourth-order valence-corrected chi connectivity index (χ4v) is 2.90. The molecule has 9 nitrogen and oxygen atoms in total. The third kappa shape index (κ3) is 4.69. The van der Waals surface area contributed by atoms with Crippen LogP contribution < -0.4 is 10.1 Å². The molecule has 1 aromatic heterocycles. The number of methoxy groups -OCH3 is 2. The van der Waals surface area contributed by atoms with E-state index in [2.05, 4.69) is 10.3 Å². The zero-order valence-electron chi connectivity index (χ0n) is 15.0. The van der Waals surface area contributed by atoms with Gasteiger partial charge in [-0.1, -0.05) is 6.07 Å². The fraction of sp³-hybridized carbons (Fsp3) is 0.529. The number of nitrogens with one attached hydrogen (secondary N) is 1. The number of hydrogen-bond acceptors (Lipinski definition) is 7. The first kappa shape index (κ1) is 19.6. The number of aromatic nitrogens is 1. The van der Waals surface area contributed by atoms with Crippen LogP contribution >= 0.6 is 0 Å². The van der Waals surface area contributed by atoms with Crippen LogP contribution in [0.25, 0.3) is 0 Å². The summed E-state index contributed by atoms with van der Waals surface area (Å²) >= 11 is 0. The van der Waals surface area contributed by atoms with Crippen molar-refractivity contribution in [2.75, 3.05) is 20.8 Å². The molecule has 0 unspecified atom stereocenters. The largest absolute Gasteiger partial charge is 0.481 e. The zero-order chi connectivity index (χ0) is 19.3. The van der Waals surface area contributed by atoms with E-state index in [9.17, 15) is 19.5 Å². The summed E-state index contributed by atoms with van der Waals surface area (Å²) in [4.78, 5) is 41.6. The molecule has 0 aromatic carbocycles. The van der Waals surface area contributed by atoms with E-state index >= 15 is 0 Å². The Kier molecular flexibility index (Phi) is 6.51. The van der Waals surface area contributed by atoms with Crippen molar-refractivity contribution in [1.82, 2.24) is 15.2 Å². The Labute approximate surface area is 151 Å².